The predicted molar refractivity (Wildman–Crippen MR) is 89.9 cm³/mol. The van der Waals surface area contributed by atoms with Gasteiger partial charge in [-0.3, -0.25) is 4.79 Å². The largest absolute Gasteiger partial charge is 0.481 e. The summed E-state index contributed by atoms with van der Waals surface area (Å²) in [6, 6.07) is 10.1. The number of carboxylic acids is 1. The quantitative estimate of drug-likeness (QED) is 0.777. The Bertz CT molecular complexity index is 606. The van der Waals surface area contributed by atoms with Gasteiger partial charge in [0.05, 0.1) is 5.41 Å². The number of carbonyl (C=O) groups is 1. The molecule has 4 nitrogen and oxygen atoms in total. The maximum Gasteiger partial charge on any atom is 0.310 e. The lowest BCUT2D eigenvalue weighted by atomic mass is 9.82. The fourth-order valence-electron chi connectivity index (χ4n) is 2.41. The molecule has 0 unspecified atom stereocenters. The summed E-state index contributed by atoms with van der Waals surface area (Å²) in [7, 11) is 0. The van der Waals surface area contributed by atoms with Crippen LogP contribution in [0.2, 0.25) is 0 Å². The van der Waals surface area contributed by atoms with Crippen molar-refractivity contribution in [2.45, 2.75) is 33.2 Å². The second-order valence-corrected chi connectivity index (χ2v) is 6.51. The van der Waals surface area contributed by atoms with Crippen LogP contribution in [-0.4, -0.2) is 22.6 Å². The average Bonchev–Trinajstić information content (AvgIpc) is 3.01. The molecule has 0 aliphatic heterocycles. The maximum absolute atomic E-state index is 11.5. The van der Waals surface area contributed by atoms with Gasteiger partial charge >= 0.3 is 5.97 Å². The van der Waals surface area contributed by atoms with Crippen LogP contribution in [0.1, 0.15) is 31.6 Å². The van der Waals surface area contributed by atoms with Crippen molar-refractivity contribution in [2.75, 3.05) is 6.54 Å². The molecule has 0 spiro atoms. The molecule has 0 saturated heterocycles. The first-order valence-electron chi connectivity index (χ1n) is 7.55. The van der Waals surface area contributed by atoms with Crippen LogP contribution in [0.3, 0.4) is 0 Å². The van der Waals surface area contributed by atoms with E-state index < -0.39 is 11.4 Å². The summed E-state index contributed by atoms with van der Waals surface area (Å²) in [5.74, 6) is -0.723. The van der Waals surface area contributed by atoms with Crippen LogP contribution in [0.4, 0.5) is 0 Å². The number of nitrogens with zero attached hydrogens (tertiary/aromatic N) is 1. The van der Waals surface area contributed by atoms with Crippen LogP contribution in [0.15, 0.2) is 36.5 Å². The van der Waals surface area contributed by atoms with Gasteiger partial charge in [0, 0.05) is 29.7 Å². The van der Waals surface area contributed by atoms with Crippen LogP contribution < -0.4 is 5.32 Å². The molecule has 2 aromatic rings. The van der Waals surface area contributed by atoms with Crippen LogP contribution in [0.25, 0.3) is 10.6 Å². The first kappa shape index (κ1) is 16.6. The van der Waals surface area contributed by atoms with Gasteiger partial charge in [-0.05, 0) is 12.8 Å². The lowest BCUT2D eigenvalue weighted by Crippen LogP contribution is -2.39. The lowest BCUT2D eigenvalue weighted by Gasteiger charge is -2.26. The Hall–Kier alpha value is -1.72. The van der Waals surface area contributed by atoms with Gasteiger partial charge in [0.25, 0.3) is 0 Å². The average molecular weight is 318 g/mol. The van der Waals surface area contributed by atoms with Gasteiger partial charge < -0.3 is 10.4 Å². The van der Waals surface area contributed by atoms with E-state index in [1.807, 2.05) is 50.4 Å². The molecule has 0 radical (unpaired) electrons. The molecule has 22 heavy (non-hydrogen) atoms. The number of rotatable bonds is 8. The molecular weight excluding hydrogens is 296 g/mol. The zero-order valence-corrected chi connectivity index (χ0v) is 13.8. The second kappa shape index (κ2) is 7.51. The Kier molecular flexibility index (Phi) is 5.69. The number of thiazole rings is 1. The number of nitrogens with one attached hydrogen (secondary N) is 1. The number of hydrogen-bond donors (Lipinski definition) is 2. The first-order valence-corrected chi connectivity index (χ1v) is 8.37. The summed E-state index contributed by atoms with van der Waals surface area (Å²) in [4.78, 5) is 17.0. The van der Waals surface area contributed by atoms with E-state index in [2.05, 4.69) is 10.3 Å². The molecule has 1 aromatic heterocycles. The Morgan fingerprint density at radius 2 is 1.95 bits per heavy atom. The molecule has 2 N–H and O–H groups in total. The summed E-state index contributed by atoms with van der Waals surface area (Å²) in [6.07, 6.45) is 3.12. The highest BCUT2D eigenvalue weighted by molar-refractivity contribution is 7.15. The molecule has 1 aromatic carbocycles. The predicted octanol–water partition coefficient (Wildman–Crippen LogP) is 3.79. The highest BCUT2D eigenvalue weighted by Gasteiger charge is 2.34. The molecule has 5 heteroatoms. The number of hydrogen-bond acceptors (Lipinski definition) is 4. The van der Waals surface area contributed by atoms with E-state index in [1.165, 1.54) is 0 Å². The van der Waals surface area contributed by atoms with Gasteiger partial charge in [0.1, 0.15) is 5.01 Å². The van der Waals surface area contributed by atoms with Crippen molar-refractivity contribution >= 4 is 17.3 Å². The lowest BCUT2D eigenvalue weighted by molar-refractivity contribution is -0.149. The van der Waals surface area contributed by atoms with E-state index in [9.17, 15) is 9.90 Å². The molecule has 0 saturated carbocycles. The fraction of sp³-hybridized carbons (Fsp3) is 0.412. The highest BCUT2D eigenvalue weighted by atomic mass is 32.1. The van der Waals surface area contributed by atoms with Crippen LogP contribution in [0.5, 0.6) is 0 Å². The summed E-state index contributed by atoms with van der Waals surface area (Å²) in [5.41, 5.74) is 0.438. The fourth-order valence-corrected chi connectivity index (χ4v) is 3.29. The van der Waals surface area contributed by atoms with Crippen LogP contribution in [-0.2, 0) is 11.3 Å². The third-order valence-corrected chi connectivity index (χ3v) is 5.19. The van der Waals surface area contributed by atoms with E-state index in [1.54, 1.807) is 11.3 Å². The van der Waals surface area contributed by atoms with Crippen LogP contribution >= 0.6 is 11.3 Å². The molecule has 0 atom stereocenters. The maximum atomic E-state index is 11.5. The third-order valence-electron chi connectivity index (χ3n) is 4.14. The zero-order valence-electron chi connectivity index (χ0n) is 13.0. The number of aliphatic carboxylic acids is 1. The van der Waals surface area contributed by atoms with Crippen molar-refractivity contribution in [1.29, 1.82) is 0 Å². The summed E-state index contributed by atoms with van der Waals surface area (Å²) < 4.78 is 0. The normalized spacial score (nSPS) is 11.5. The van der Waals surface area contributed by atoms with Gasteiger partial charge in [-0.25, -0.2) is 4.98 Å². The van der Waals surface area contributed by atoms with Gasteiger partial charge in [0.15, 0.2) is 0 Å². The topological polar surface area (TPSA) is 62.2 Å². The SMILES string of the molecule is CCC(CC)(CNCc1cnc(-c2ccccc2)s1)C(=O)O. The smallest absolute Gasteiger partial charge is 0.310 e. The molecule has 0 amide bonds. The van der Waals surface area contributed by atoms with E-state index in [0.717, 1.165) is 15.4 Å². The summed E-state index contributed by atoms with van der Waals surface area (Å²) in [5, 5.41) is 13.7. The van der Waals surface area contributed by atoms with Crippen molar-refractivity contribution in [2.24, 2.45) is 5.41 Å². The molecule has 0 bridgehead atoms. The second-order valence-electron chi connectivity index (χ2n) is 5.39. The Labute approximate surface area is 135 Å². The molecule has 118 valence electrons. The van der Waals surface area contributed by atoms with E-state index >= 15 is 0 Å². The summed E-state index contributed by atoms with van der Waals surface area (Å²) in [6.45, 7) is 4.99. The first-order chi connectivity index (χ1) is 10.6. The minimum Gasteiger partial charge on any atom is -0.481 e. The van der Waals surface area contributed by atoms with Gasteiger partial charge in [-0.15, -0.1) is 11.3 Å². The Balaban J connectivity index is 1.96. The third kappa shape index (κ3) is 3.72. The van der Waals surface area contributed by atoms with E-state index in [0.29, 0.717) is 25.9 Å². The Morgan fingerprint density at radius 1 is 1.27 bits per heavy atom. The standard InChI is InChI=1S/C17H22N2O2S/c1-3-17(4-2,16(20)21)12-18-10-14-11-19-15(22-14)13-8-6-5-7-9-13/h5-9,11,18H,3-4,10,12H2,1-2H3,(H,20,21). The number of benzene rings is 1. The van der Waals surface area contributed by atoms with Crippen LogP contribution in [0, 0.1) is 5.41 Å². The van der Waals surface area contributed by atoms with E-state index in [4.69, 9.17) is 0 Å². The van der Waals surface area contributed by atoms with Crippen molar-refractivity contribution in [1.82, 2.24) is 10.3 Å². The minimum absolute atomic E-state index is 0.480. The molecule has 2 rings (SSSR count). The molecule has 0 aliphatic carbocycles. The zero-order chi connectivity index (χ0) is 16.0. The minimum atomic E-state index is -0.723. The monoisotopic (exact) mass is 318 g/mol. The Morgan fingerprint density at radius 3 is 2.55 bits per heavy atom. The van der Waals surface area contributed by atoms with Crippen molar-refractivity contribution in [3.05, 3.63) is 41.4 Å². The van der Waals surface area contributed by atoms with Crippen molar-refractivity contribution < 1.29 is 9.90 Å². The number of carboxylic acid groups (broad SMARTS) is 1. The van der Waals surface area contributed by atoms with Crippen molar-refractivity contribution in [3.63, 3.8) is 0 Å². The van der Waals surface area contributed by atoms with Gasteiger partial charge in [-0.2, -0.15) is 0 Å². The number of aromatic nitrogens is 1. The summed E-state index contributed by atoms with van der Waals surface area (Å²) >= 11 is 1.64. The van der Waals surface area contributed by atoms with Gasteiger partial charge in [0.2, 0.25) is 0 Å². The van der Waals surface area contributed by atoms with E-state index in [-0.39, 0.29) is 0 Å². The molecule has 0 fully saturated rings. The van der Waals surface area contributed by atoms with Crippen molar-refractivity contribution in [3.8, 4) is 10.6 Å². The molecular formula is C17H22N2O2S. The highest BCUT2D eigenvalue weighted by Crippen LogP contribution is 2.27. The van der Waals surface area contributed by atoms with Gasteiger partial charge in [-0.1, -0.05) is 44.2 Å². The molecule has 0 aliphatic rings. The molecule has 1 heterocycles.